The molecule has 2 aliphatic rings. The second-order valence-electron chi connectivity index (χ2n) is 6.12. The second-order valence-corrected chi connectivity index (χ2v) is 6.55. The van der Waals surface area contributed by atoms with Gasteiger partial charge in [0.15, 0.2) is 0 Å². The van der Waals surface area contributed by atoms with Crippen LogP contribution in [-0.2, 0) is 4.79 Å². The first kappa shape index (κ1) is 13.0. The minimum absolute atomic E-state index is 0.400. The third-order valence-corrected chi connectivity index (χ3v) is 5.21. The van der Waals surface area contributed by atoms with Crippen LogP contribution in [-0.4, -0.2) is 11.1 Å². The fourth-order valence-corrected chi connectivity index (χ4v) is 4.27. The monoisotopic (exact) mass is 278 g/mol. The van der Waals surface area contributed by atoms with Gasteiger partial charge in [-0.05, 0) is 61.1 Å². The molecule has 102 valence electrons. The van der Waals surface area contributed by atoms with Crippen molar-refractivity contribution in [1.29, 1.82) is 0 Å². The average molecular weight is 279 g/mol. The number of fused-ring (bicyclic) bond motifs is 2. The molecule has 0 spiro atoms. The lowest BCUT2D eigenvalue weighted by molar-refractivity contribution is -0.139. The molecule has 1 N–H and O–H groups in total. The lowest BCUT2D eigenvalue weighted by Crippen LogP contribution is -2.19. The van der Waals surface area contributed by atoms with Gasteiger partial charge in [-0.15, -0.1) is 0 Å². The van der Waals surface area contributed by atoms with E-state index in [9.17, 15) is 9.90 Å². The zero-order valence-corrected chi connectivity index (χ0v) is 11.6. The third kappa shape index (κ3) is 2.64. The highest BCUT2D eigenvalue weighted by Gasteiger charge is 2.41. The maximum Gasteiger partial charge on any atom is 0.310 e. The van der Waals surface area contributed by atoms with Gasteiger partial charge in [-0.25, -0.2) is 0 Å². The Balaban J connectivity index is 1.76. The number of hydrogen-bond acceptors (Lipinski definition) is 1. The SMILES string of the molecule is O=C(O)C(CC1CC2CCC1C2)c1cccc(Cl)c1. The zero-order valence-electron chi connectivity index (χ0n) is 10.9. The number of hydrogen-bond donors (Lipinski definition) is 1. The molecule has 2 saturated carbocycles. The number of carbonyl (C=O) groups is 1. The van der Waals surface area contributed by atoms with Crippen molar-refractivity contribution in [3.8, 4) is 0 Å². The maximum absolute atomic E-state index is 11.6. The van der Waals surface area contributed by atoms with Crippen LogP contribution in [0, 0.1) is 17.8 Å². The van der Waals surface area contributed by atoms with Crippen molar-refractivity contribution in [2.45, 2.75) is 38.0 Å². The van der Waals surface area contributed by atoms with Crippen molar-refractivity contribution in [1.82, 2.24) is 0 Å². The molecule has 0 aromatic heterocycles. The van der Waals surface area contributed by atoms with Crippen LogP contribution in [0.4, 0.5) is 0 Å². The van der Waals surface area contributed by atoms with Crippen LogP contribution in [0.3, 0.4) is 0 Å². The maximum atomic E-state index is 11.6. The van der Waals surface area contributed by atoms with Gasteiger partial charge >= 0.3 is 5.97 Å². The van der Waals surface area contributed by atoms with Gasteiger partial charge in [0.1, 0.15) is 0 Å². The Morgan fingerprint density at radius 1 is 1.37 bits per heavy atom. The van der Waals surface area contributed by atoms with E-state index in [1.807, 2.05) is 12.1 Å². The van der Waals surface area contributed by atoms with E-state index in [2.05, 4.69) is 0 Å². The van der Waals surface area contributed by atoms with Crippen LogP contribution in [0.15, 0.2) is 24.3 Å². The molecule has 0 aliphatic heterocycles. The Morgan fingerprint density at radius 2 is 2.21 bits per heavy atom. The molecule has 2 aliphatic carbocycles. The van der Waals surface area contributed by atoms with Gasteiger partial charge in [0, 0.05) is 5.02 Å². The van der Waals surface area contributed by atoms with Crippen molar-refractivity contribution in [3.05, 3.63) is 34.9 Å². The van der Waals surface area contributed by atoms with Crippen molar-refractivity contribution in [2.24, 2.45) is 17.8 Å². The van der Waals surface area contributed by atoms with Gasteiger partial charge in [0.05, 0.1) is 5.92 Å². The number of carboxylic acids is 1. The summed E-state index contributed by atoms with van der Waals surface area (Å²) in [6.07, 6.45) is 5.99. The van der Waals surface area contributed by atoms with Gasteiger partial charge < -0.3 is 5.11 Å². The molecule has 4 atom stereocenters. The van der Waals surface area contributed by atoms with E-state index in [0.29, 0.717) is 10.9 Å². The number of rotatable bonds is 4. The second kappa shape index (κ2) is 5.16. The summed E-state index contributed by atoms with van der Waals surface area (Å²) in [6, 6.07) is 7.32. The van der Waals surface area contributed by atoms with Crippen LogP contribution < -0.4 is 0 Å². The lowest BCUT2D eigenvalue weighted by Gasteiger charge is -2.25. The van der Waals surface area contributed by atoms with E-state index in [0.717, 1.165) is 23.8 Å². The van der Waals surface area contributed by atoms with Gasteiger partial charge in [-0.1, -0.05) is 30.2 Å². The summed E-state index contributed by atoms with van der Waals surface area (Å²) in [4.78, 5) is 11.6. The quantitative estimate of drug-likeness (QED) is 0.890. The molecule has 4 unspecified atom stereocenters. The highest BCUT2D eigenvalue weighted by atomic mass is 35.5. The summed E-state index contributed by atoms with van der Waals surface area (Å²) in [6.45, 7) is 0. The number of carboxylic acid groups (broad SMARTS) is 1. The summed E-state index contributed by atoms with van der Waals surface area (Å²) in [7, 11) is 0. The van der Waals surface area contributed by atoms with Gasteiger partial charge in [-0.2, -0.15) is 0 Å². The third-order valence-electron chi connectivity index (χ3n) is 4.97. The van der Waals surface area contributed by atoms with Crippen LogP contribution >= 0.6 is 11.6 Å². The summed E-state index contributed by atoms with van der Waals surface area (Å²) in [5.41, 5.74) is 0.850. The van der Waals surface area contributed by atoms with Crippen molar-refractivity contribution in [2.75, 3.05) is 0 Å². The van der Waals surface area contributed by atoms with Gasteiger partial charge in [0.2, 0.25) is 0 Å². The van der Waals surface area contributed by atoms with E-state index in [4.69, 9.17) is 11.6 Å². The average Bonchev–Trinajstić information content (AvgIpc) is 2.97. The number of aliphatic carboxylic acids is 1. The summed E-state index contributed by atoms with van der Waals surface area (Å²) >= 11 is 5.98. The van der Waals surface area contributed by atoms with Gasteiger partial charge in [-0.3, -0.25) is 4.79 Å². The fraction of sp³-hybridized carbons (Fsp3) is 0.562. The molecule has 0 saturated heterocycles. The number of benzene rings is 1. The van der Waals surface area contributed by atoms with Crippen molar-refractivity contribution < 1.29 is 9.90 Å². The first-order valence-corrected chi connectivity index (χ1v) is 7.49. The van der Waals surface area contributed by atoms with E-state index in [1.54, 1.807) is 12.1 Å². The molecule has 19 heavy (non-hydrogen) atoms. The minimum atomic E-state index is -0.718. The molecule has 1 aromatic carbocycles. The van der Waals surface area contributed by atoms with Crippen molar-refractivity contribution in [3.63, 3.8) is 0 Å². The summed E-state index contributed by atoms with van der Waals surface area (Å²) in [5, 5.41) is 10.1. The molecule has 0 heterocycles. The van der Waals surface area contributed by atoms with E-state index in [1.165, 1.54) is 25.7 Å². The highest BCUT2D eigenvalue weighted by Crippen LogP contribution is 2.51. The topological polar surface area (TPSA) is 37.3 Å². The normalized spacial score (nSPS) is 30.5. The lowest BCUT2D eigenvalue weighted by atomic mass is 9.80. The molecule has 2 fully saturated rings. The molecule has 2 bridgehead atoms. The predicted molar refractivity (Wildman–Crippen MR) is 75.4 cm³/mol. The molecular weight excluding hydrogens is 260 g/mol. The fourth-order valence-electron chi connectivity index (χ4n) is 4.07. The molecule has 3 rings (SSSR count). The predicted octanol–water partition coefficient (Wildman–Crippen LogP) is 4.33. The molecule has 3 heteroatoms. The smallest absolute Gasteiger partial charge is 0.310 e. The first-order valence-electron chi connectivity index (χ1n) is 7.11. The molecular formula is C16H19ClO2. The largest absolute Gasteiger partial charge is 0.481 e. The molecule has 0 amide bonds. The zero-order chi connectivity index (χ0) is 13.4. The van der Waals surface area contributed by atoms with E-state index < -0.39 is 11.9 Å². The first-order chi connectivity index (χ1) is 9.13. The Morgan fingerprint density at radius 3 is 2.79 bits per heavy atom. The number of halogens is 1. The molecule has 0 radical (unpaired) electrons. The highest BCUT2D eigenvalue weighted by molar-refractivity contribution is 6.30. The van der Waals surface area contributed by atoms with Gasteiger partial charge in [0.25, 0.3) is 0 Å². The Hall–Kier alpha value is -1.02. The van der Waals surface area contributed by atoms with Crippen LogP contribution in [0.2, 0.25) is 5.02 Å². The molecule has 1 aromatic rings. The van der Waals surface area contributed by atoms with E-state index >= 15 is 0 Å². The van der Waals surface area contributed by atoms with Crippen LogP contribution in [0.5, 0.6) is 0 Å². The molecule has 2 nitrogen and oxygen atoms in total. The minimum Gasteiger partial charge on any atom is -0.481 e. The van der Waals surface area contributed by atoms with E-state index in [-0.39, 0.29) is 0 Å². The summed E-state index contributed by atoms with van der Waals surface area (Å²) < 4.78 is 0. The summed E-state index contributed by atoms with van der Waals surface area (Å²) in [5.74, 6) is 1.11. The van der Waals surface area contributed by atoms with Crippen molar-refractivity contribution >= 4 is 17.6 Å². The Kier molecular flexibility index (Phi) is 3.53. The van der Waals surface area contributed by atoms with Crippen LogP contribution in [0.25, 0.3) is 0 Å². The Bertz CT molecular complexity index is 485. The standard InChI is InChI=1S/C16H19ClO2/c17-14-3-1-2-12(8-14)15(16(18)19)9-13-7-10-4-5-11(13)6-10/h1-3,8,10-11,13,15H,4-7,9H2,(H,18,19). The van der Waals surface area contributed by atoms with Crippen LogP contribution in [0.1, 0.15) is 43.6 Å². The Labute approximate surface area is 118 Å².